The lowest BCUT2D eigenvalue weighted by atomic mass is 9.92. The zero-order valence-electron chi connectivity index (χ0n) is 8.63. The molecule has 0 saturated carbocycles. The first-order chi connectivity index (χ1) is 6.63. The Morgan fingerprint density at radius 3 is 2.57 bits per heavy atom. The van der Waals surface area contributed by atoms with Crippen molar-refractivity contribution in [1.29, 1.82) is 0 Å². The van der Waals surface area contributed by atoms with Gasteiger partial charge in [0, 0.05) is 10.4 Å². The van der Waals surface area contributed by atoms with Gasteiger partial charge >= 0.3 is 0 Å². The number of hydrogen-bond acceptors (Lipinski definition) is 0. The largest absolute Gasteiger partial charge is 0.0921 e. The second-order valence-electron chi connectivity index (χ2n) is 4.04. The quantitative estimate of drug-likeness (QED) is 0.688. The number of rotatable bonds is 4. The predicted octanol–water partition coefficient (Wildman–Crippen LogP) is 4.86. The van der Waals surface area contributed by atoms with Crippen LogP contribution in [0, 0.1) is 5.92 Å². The van der Waals surface area contributed by atoms with E-state index < -0.39 is 0 Å². The van der Waals surface area contributed by atoms with E-state index in [1.54, 1.807) is 0 Å². The van der Waals surface area contributed by atoms with Crippen molar-refractivity contribution < 1.29 is 0 Å². The highest BCUT2D eigenvalue weighted by Gasteiger charge is 2.11. The predicted molar refractivity (Wildman–Crippen MR) is 67.4 cm³/mol. The zero-order chi connectivity index (χ0) is 10.6. The molecule has 0 bridgehead atoms. The molecular formula is C12H16BrCl. The third-order valence-electron chi connectivity index (χ3n) is 2.26. The molecule has 0 fully saturated rings. The van der Waals surface area contributed by atoms with Crippen LogP contribution in [0.3, 0.4) is 0 Å². The molecule has 1 rings (SSSR count). The lowest BCUT2D eigenvalue weighted by molar-refractivity contribution is 0.529. The maximum absolute atomic E-state index is 5.97. The normalized spacial score (nSPS) is 13.2. The monoisotopic (exact) mass is 274 g/mol. The summed E-state index contributed by atoms with van der Waals surface area (Å²) in [6.45, 7) is 4.50. The Balaban J connectivity index is 2.78. The van der Waals surface area contributed by atoms with E-state index in [1.165, 1.54) is 12.0 Å². The second kappa shape index (κ2) is 5.77. The van der Waals surface area contributed by atoms with Crippen LogP contribution in [0.4, 0.5) is 0 Å². The van der Waals surface area contributed by atoms with Crippen molar-refractivity contribution in [1.82, 2.24) is 0 Å². The van der Waals surface area contributed by atoms with E-state index in [0.29, 0.717) is 5.92 Å². The first kappa shape index (κ1) is 12.1. The minimum absolute atomic E-state index is 0.577. The molecule has 0 heterocycles. The topological polar surface area (TPSA) is 0 Å². The Bertz CT molecular complexity index is 283. The van der Waals surface area contributed by atoms with Gasteiger partial charge in [-0.3, -0.25) is 0 Å². The fraction of sp³-hybridized carbons (Fsp3) is 0.500. The maximum Gasteiger partial charge on any atom is 0.0408 e. The summed E-state index contributed by atoms with van der Waals surface area (Å²) < 4.78 is 0. The van der Waals surface area contributed by atoms with Crippen molar-refractivity contribution in [2.24, 2.45) is 5.92 Å². The molecular weight excluding hydrogens is 259 g/mol. The fourth-order valence-electron chi connectivity index (χ4n) is 1.62. The van der Waals surface area contributed by atoms with Crippen molar-refractivity contribution in [3.63, 3.8) is 0 Å². The highest BCUT2D eigenvalue weighted by atomic mass is 79.9. The molecule has 0 aliphatic heterocycles. The standard InChI is InChI=1S/C12H16BrCl/c1-9(2)6-11(8-13)10-4-3-5-12(14)7-10/h3-5,7,9,11H,6,8H2,1-2H3. The van der Waals surface area contributed by atoms with Gasteiger partial charge in [0.1, 0.15) is 0 Å². The summed E-state index contributed by atoms with van der Waals surface area (Å²) in [7, 11) is 0. The van der Waals surface area contributed by atoms with Gasteiger partial charge in [0.05, 0.1) is 0 Å². The minimum atomic E-state index is 0.577. The summed E-state index contributed by atoms with van der Waals surface area (Å²) in [6.07, 6.45) is 1.20. The van der Waals surface area contributed by atoms with Crippen molar-refractivity contribution >= 4 is 27.5 Å². The van der Waals surface area contributed by atoms with Crippen LogP contribution >= 0.6 is 27.5 Å². The van der Waals surface area contributed by atoms with Crippen molar-refractivity contribution in [2.45, 2.75) is 26.2 Å². The van der Waals surface area contributed by atoms with E-state index in [0.717, 1.165) is 16.3 Å². The average Bonchev–Trinajstić information content (AvgIpc) is 2.14. The van der Waals surface area contributed by atoms with Gasteiger partial charge in [0.2, 0.25) is 0 Å². The first-order valence-electron chi connectivity index (χ1n) is 4.95. The number of hydrogen-bond donors (Lipinski definition) is 0. The summed E-state index contributed by atoms with van der Waals surface area (Å²) in [5.74, 6) is 1.30. The average molecular weight is 276 g/mol. The van der Waals surface area contributed by atoms with Crippen LogP contribution in [-0.4, -0.2) is 5.33 Å². The molecule has 0 saturated heterocycles. The molecule has 2 heteroatoms. The third-order valence-corrected chi connectivity index (χ3v) is 3.28. The first-order valence-corrected chi connectivity index (χ1v) is 6.45. The van der Waals surface area contributed by atoms with Gasteiger partial charge in [0.25, 0.3) is 0 Å². The molecule has 0 amide bonds. The van der Waals surface area contributed by atoms with E-state index >= 15 is 0 Å². The van der Waals surface area contributed by atoms with Crippen LogP contribution < -0.4 is 0 Å². The molecule has 0 nitrogen and oxygen atoms in total. The summed E-state index contributed by atoms with van der Waals surface area (Å²) >= 11 is 9.53. The minimum Gasteiger partial charge on any atom is -0.0921 e. The summed E-state index contributed by atoms with van der Waals surface area (Å²) in [6, 6.07) is 8.16. The molecule has 1 atom stereocenters. The highest BCUT2D eigenvalue weighted by Crippen LogP contribution is 2.27. The number of benzene rings is 1. The van der Waals surface area contributed by atoms with Gasteiger partial charge in [-0.25, -0.2) is 0 Å². The Morgan fingerprint density at radius 1 is 1.36 bits per heavy atom. The van der Waals surface area contributed by atoms with E-state index in [1.807, 2.05) is 12.1 Å². The Labute approximate surface area is 99.8 Å². The van der Waals surface area contributed by atoms with Crippen LogP contribution in [0.1, 0.15) is 31.7 Å². The van der Waals surface area contributed by atoms with Gasteiger partial charge in [-0.1, -0.05) is 53.5 Å². The van der Waals surface area contributed by atoms with Gasteiger partial charge in [-0.15, -0.1) is 0 Å². The van der Waals surface area contributed by atoms with Gasteiger partial charge in [-0.05, 0) is 36.0 Å². The molecule has 0 N–H and O–H groups in total. The van der Waals surface area contributed by atoms with Gasteiger partial charge in [-0.2, -0.15) is 0 Å². The molecule has 1 aromatic rings. The smallest absolute Gasteiger partial charge is 0.0408 e. The van der Waals surface area contributed by atoms with Gasteiger partial charge in [0.15, 0.2) is 0 Å². The fourth-order valence-corrected chi connectivity index (χ4v) is 2.45. The number of alkyl halides is 1. The van der Waals surface area contributed by atoms with E-state index in [4.69, 9.17) is 11.6 Å². The van der Waals surface area contributed by atoms with Crippen LogP contribution in [0.25, 0.3) is 0 Å². The summed E-state index contributed by atoms with van der Waals surface area (Å²) in [4.78, 5) is 0. The maximum atomic E-state index is 5.97. The molecule has 0 spiro atoms. The molecule has 14 heavy (non-hydrogen) atoms. The van der Waals surface area contributed by atoms with Crippen LogP contribution in [0.5, 0.6) is 0 Å². The van der Waals surface area contributed by atoms with Crippen LogP contribution in [0.2, 0.25) is 5.02 Å². The Morgan fingerprint density at radius 2 is 2.07 bits per heavy atom. The SMILES string of the molecule is CC(C)CC(CBr)c1cccc(Cl)c1. The molecule has 1 aromatic carbocycles. The molecule has 0 aromatic heterocycles. The summed E-state index contributed by atoms with van der Waals surface area (Å²) in [5, 5.41) is 1.84. The van der Waals surface area contributed by atoms with Crippen LogP contribution in [-0.2, 0) is 0 Å². The molecule has 0 aliphatic rings. The molecule has 0 aliphatic carbocycles. The molecule has 0 radical (unpaired) electrons. The summed E-state index contributed by atoms with van der Waals surface area (Å²) in [5.41, 5.74) is 1.34. The highest BCUT2D eigenvalue weighted by molar-refractivity contribution is 9.09. The van der Waals surface area contributed by atoms with Crippen molar-refractivity contribution in [2.75, 3.05) is 5.33 Å². The lowest BCUT2D eigenvalue weighted by Crippen LogP contribution is -2.04. The molecule has 1 unspecified atom stereocenters. The lowest BCUT2D eigenvalue weighted by Gasteiger charge is -2.16. The van der Waals surface area contributed by atoms with E-state index in [-0.39, 0.29) is 0 Å². The number of halogens is 2. The van der Waals surface area contributed by atoms with E-state index in [2.05, 4.69) is 41.9 Å². The van der Waals surface area contributed by atoms with Crippen molar-refractivity contribution in [3.05, 3.63) is 34.9 Å². The second-order valence-corrected chi connectivity index (χ2v) is 5.12. The van der Waals surface area contributed by atoms with Crippen LogP contribution in [0.15, 0.2) is 24.3 Å². The molecule has 78 valence electrons. The zero-order valence-corrected chi connectivity index (χ0v) is 11.0. The van der Waals surface area contributed by atoms with Crippen molar-refractivity contribution in [3.8, 4) is 0 Å². The Hall–Kier alpha value is -0.0100. The van der Waals surface area contributed by atoms with Gasteiger partial charge < -0.3 is 0 Å². The third kappa shape index (κ3) is 3.62. The Kier molecular flexibility index (Phi) is 4.97. The van der Waals surface area contributed by atoms with E-state index in [9.17, 15) is 0 Å².